The Bertz CT molecular complexity index is 603. The van der Waals surface area contributed by atoms with Crippen LogP contribution in [0.15, 0.2) is 24.3 Å². The molecule has 2 amide bonds. The molecular weight excluding hydrogens is 358 g/mol. The highest BCUT2D eigenvalue weighted by molar-refractivity contribution is 6.30. The Morgan fingerprint density at radius 1 is 1.31 bits per heavy atom. The van der Waals surface area contributed by atoms with Crippen molar-refractivity contribution in [2.24, 2.45) is 0 Å². The van der Waals surface area contributed by atoms with Crippen molar-refractivity contribution in [2.75, 3.05) is 33.9 Å². The van der Waals surface area contributed by atoms with Crippen LogP contribution in [-0.4, -0.2) is 57.5 Å². The largest absolute Gasteiger partial charge is 0.453 e. The van der Waals surface area contributed by atoms with Gasteiger partial charge in [-0.1, -0.05) is 23.7 Å². The molecule has 2 atom stereocenters. The Kier molecular flexibility index (Phi) is 7.68. The molecule has 0 bridgehead atoms. The van der Waals surface area contributed by atoms with Crippen molar-refractivity contribution in [1.82, 2.24) is 16.0 Å². The summed E-state index contributed by atoms with van der Waals surface area (Å²) in [5.41, 5.74) is 0.648. The first-order valence-electron chi connectivity index (χ1n) is 8.58. The fourth-order valence-electron chi connectivity index (χ4n) is 3.16. The molecule has 2 rings (SSSR count). The van der Waals surface area contributed by atoms with Crippen LogP contribution in [0.25, 0.3) is 0 Å². The van der Waals surface area contributed by atoms with Gasteiger partial charge in [0, 0.05) is 18.7 Å². The lowest BCUT2D eigenvalue weighted by Crippen LogP contribution is -2.63. The van der Waals surface area contributed by atoms with Crippen molar-refractivity contribution in [3.63, 3.8) is 0 Å². The van der Waals surface area contributed by atoms with E-state index in [4.69, 9.17) is 16.3 Å². The van der Waals surface area contributed by atoms with Gasteiger partial charge in [-0.25, -0.2) is 4.79 Å². The number of nitrogens with one attached hydrogen (secondary N) is 3. The second-order valence-electron chi connectivity index (χ2n) is 6.50. The van der Waals surface area contributed by atoms with Gasteiger partial charge in [0.15, 0.2) is 0 Å². The van der Waals surface area contributed by atoms with E-state index in [-0.39, 0.29) is 12.5 Å². The third kappa shape index (κ3) is 5.86. The highest BCUT2D eigenvalue weighted by Gasteiger charge is 2.36. The van der Waals surface area contributed by atoms with Crippen molar-refractivity contribution in [3.05, 3.63) is 34.9 Å². The maximum absolute atomic E-state index is 12.8. The predicted molar refractivity (Wildman–Crippen MR) is 99.3 cm³/mol. The van der Waals surface area contributed by atoms with Crippen molar-refractivity contribution in [2.45, 2.75) is 30.8 Å². The lowest BCUT2D eigenvalue weighted by Gasteiger charge is -2.39. The molecule has 26 heavy (non-hydrogen) atoms. The number of rotatable bonds is 7. The molecule has 144 valence electrons. The van der Waals surface area contributed by atoms with Gasteiger partial charge < -0.3 is 25.4 Å². The molecule has 0 aromatic heterocycles. The normalized spacial score (nSPS) is 20.9. The Morgan fingerprint density at radius 2 is 2.04 bits per heavy atom. The summed E-state index contributed by atoms with van der Waals surface area (Å²) in [5, 5.41) is 9.66. The Balaban J connectivity index is 2.13. The van der Waals surface area contributed by atoms with E-state index in [1.165, 1.54) is 14.2 Å². The summed E-state index contributed by atoms with van der Waals surface area (Å²) in [6.45, 7) is 1.63. The molecule has 0 spiro atoms. The van der Waals surface area contributed by atoms with Gasteiger partial charge >= 0.3 is 6.09 Å². The fraction of sp³-hybridized carbons (Fsp3) is 0.556. The van der Waals surface area contributed by atoms with Crippen molar-refractivity contribution < 1.29 is 19.1 Å². The van der Waals surface area contributed by atoms with Gasteiger partial charge in [0.25, 0.3) is 0 Å². The maximum Gasteiger partial charge on any atom is 0.407 e. The molecule has 0 unspecified atom stereocenters. The van der Waals surface area contributed by atoms with E-state index in [0.29, 0.717) is 18.0 Å². The smallest absolute Gasteiger partial charge is 0.407 e. The number of benzene rings is 1. The Hall–Kier alpha value is -1.83. The van der Waals surface area contributed by atoms with E-state index >= 15 is 0 Å². The molecule has 1 fully saturated rings. The summed E-state index contributed by atoms with van der Waals surface area (Å²) in [6.07, 6.45) is 1.79. The number of hydrogen-bond donors (Lipinski definition) is 3. The third-order valence-electron chi connectivity index (χ3n) is 4.44. The minimum atomic E-state index is -0.823. The van der Waals surface area contributed by atoms with Crippen LogP contribution >= 0.6 is 11.6 Å². The van der Waals surface area contributed by atoms with Gasteiger partial charge in [-0.15, -0.1) is 0 Å². The molecule has 1 aromatic rings. The average Bonchev–Trinajstić information content (AvgIpc) is 2.63. The molecule has 1 aliphatic heterocycles. The van der Waals surface area contributed by atoms with Crippen LogP contribution in [0.4, 0.5) is 4.79 Å². The Labute approximate surface area is 158 Å². The van der Waals surface area contributed by atoms with Gasteiger partial charge in [-0.05, 0) is 43.5 Å². The molecule has 1 aliphatic rings. The molecule has 1 saturated heterocycles. The SMILES string of the molecule is COC[C@H](NC(=O)OC)C(=O)N[C@@]1(Cc2ccc(Cl)cc2)CCCNC1. The van der Waals surface area contributed by atoms with Crippen LogP contribution in [0.3, 0.4) is 0 Å². The first-order chi connectivity index (χ1) is 12.5. The Morgan fingerprint density at radius 3 is 2.62 bits per heavy atom. The molecule has 1 aromatic carbocycles. The third-order valence-corrected chi connectivity index (χ3v) is 4.70. The number of ether oxygens (including phenoxy) is 2. The summed E-state index contributed by atoms with van der Waals surface area (Å²) in [5.74, 6) is -0.296. The second kappa shape index (κ2) is 9.75. The van der Waals surface area contributed by atoms with Gasteiger partial charge in [-0.3, -0.25) is 4.79 Å². The van der Waals surface area contributed by atoms with Gasteiger partial charge in [-0.2, -0.15) is 0 Å². The van der Waals surface area contributed by atoms with Crippen molar-refractivity contribution >= 4 is 23.6 Å². The first kappa shape index (κ1) is 20.5. The van der Waals surface area contributed by atoms with Gasteiger partial charge in [0.05, 0.1) is 19.3 Å². The summed E-state index contributed by atoms with van der Waals surface area (Å²) >= 11 is 5.96. The minimum absolute atomic E-state index is 0.0609. The zero-order chi connectivity index (χ0) is 19.0. The first-order valence-corrected chi connectivity index (χ1v) is 8.96. The molecule has 3 N–H and O–H groups in total. The summed E-state index contributed by atoms with van der Waals surface area (Å²) in [4.78, 5) is 24.3. The number of piperidine rings is 1. The summed E-state index contributed by atoms with van der Waals surface area (Å²) < 4.78 is 9.65. The number of methoxy groups -OCH3 is 2. The van der Waals surface area contributed by atoms with E-state index in [2.05, 4.69) is 20.7 Å². The van der Waals surface area contributed by atoms with Crippen LogP contribution in [0.5, 0.6) is 0 Å². The van der Waals surface area contributed by atoms with Gasteiger partial charge in [0.2, 0.25) is 5.91 Å². The van der Waals surface area contributed by atoms with Crippen molar-refractivity contribution in [3.8, 4) is 0 Å². The lowest BCUT2D eigenvalue weighted by molar-refractivity contribution is -0.126. The molecule has 1 heterocycles. The zero-order valence-electron chi connectivity index (χ0n) is 15.1. The van der Waals surface area contributed by atoms with Crippen LogP contribution in [-0.2, 0) is 20.7 Å². The molecule has 0 saturated carbocycles. The highest BCUT2D eigenvalue weighted by Crippen LogP contribution is 2.23. The highest BCUT2D eigenvalue weighted by atomic mass is 35.5. The predicted octanol–water partition coefficient (Wildman–Crippen LogP) is 1.49. The molecule has 7 nitrogen and oxygen atoms in total. The van der Waals surface area contributed by atoms with E-state index in [0.717, 1.165) is 24.9 Å². The number of amides is 2. The number of alkyl carbamates (subject to hydrolysis) is 1. The van der Waals surface area contributed by atoms with Crippen LogP contribution in [0.2, 0.25) is 5.02 Å². The summed E-state index contributed by atoms with van der Waals surface area (Å²) in [6, 6.07) is 6.79. The van der Waals surface area contributed by atoms with E-state index in [1.807, 2.05) is 24.3 Å². The molecule has 8 heteroatoms. The monoisotopic (exact) mass is 383 g/mol. The quantitative estimate of drug-likeness (QED) is 0.664. The number of carbonyl (C=O) groups is 2. The second-order valence-corrected chi connectivity index (χ2v) is 6.93. The van der Waals surface area contributed by atoms with E-state index in [9.17, 15) is 9.59 Å². The average molecular weight is 384 g/mol. The van der Waals surface area contributed by atoms with E-state index < -0.39 is 17.7 Å². The molecular formula is C18H26ClN3O4. The molecule has 0 aliphatic carbocycles. The minimum Gasteiger partial charge on any atom is -0.453 e. The summed E-state index contributed by atoms with van der Waals surface area (Å²) in [7, 11) is 2.73. The van der Waals surface area contributed by atoms with Gasteiger partial charge in [0.1, 0.15) is 6.04 Å². The lowest BCUT2D eigenvalue weighted by atomic mass is 9.83. The number of halogens is 1. The van der Waals surface area contributed by atoms with E-state index in [1.54, 1.807) is 0 Å². The fourth-order valence-corrected chi connectivity index (χ4v) is 3.29. The molecule has 0 radical (unpaired) electrons. The zero-order valence-corrected chi connectivity index (χ0v) is 15.9. The standard InChI is InChI=1S/C18H26ClN3O4/c1-25-11-15(21-17(24)26-2)16(23)22-18(8-3-9-20-12-18)10-13-4-6-14(19)7-5-13/h4-7,15,20H,3,8-12H2,1-2H3,(H,21,24)(H,22,23)/t15-,18+/m0/s1. The number of carbonyl (C=O) groups excluding carboxylic acids is 2. The van der Waals surface area contributed by atoms with Crippen LogP contribution in [0, 0.1) is 0 Å². The van der Waals surface area contributed by atoms with Crippen LogP contribution < -0.4 is 16.0 Å². The van der Waals surface area contributed by atoms with Crippen LogP contribution in [0.1, 0.15) is 18.4 Å². The number of hydrogen-bond acceptors (Lipinski definition) is 5. The maximum atomic E-state index is 12.8. The van der Waals surface area contributed by atoms with Crippen molar-refractivity contribution in [1.29, 1.82) is 0 Å². The topological polar surface area (TPSA) is 88.7 Å².